The molecule has 0 saturated carbocycles. The van der Waals surface area contributed by atoms with Crippen LogP contribution in [0.2, 0.25) is 0 Å². The van der Waals surface area contributed by atoms with E-state index in [-0.39, 0.29) is 17.4 Å². The summed E-state index contributed by atoms with van der Waals surface area (Å²) in [4.78, 5) is 11.9. The monoisotopic (exact) mass is 248 g/mol. The molecular formula is C14H20N2O2. The summed E-state index contributed by atoms with van der Waals surface area (Å²) in [6.45, 7) is 6.38. The number of anilines is 1. The van der Waals surface area contributed by atoms with Crippen molar-refractivity contribution in [2.45, 2.75) is 19.9 Å². The second-order valence-corrected chi connectivity index (χ2v) is 5.26. The van der Waals surface area contributed by atoms with Gasteiger partial charge in [-0.25, -0.2) is 0 Å². The van der Waals surface area contributed by atoms with Gasteiger partial charge in [-0.2, -0.15) is 0 Å². The van der Waals surface area contributed by atoms with E-state index in [1.165, 1.54) is 0 Å². The van der Waals surface area contributed by atoms with Crippen molar-refractivity contribution in [1.82, 2.24) is 5.32 Å². The fraction of sp³-hybridized carbons (Fsp3) is 0.500. The molecule has 1 aliphatic heterocycles. The Balaban J connectivity index is 1.78. The number of carbonyl (C=O) groups is 1. The van der Waals surface area contributed by atoms with Gasteiger partial charge in [-0.3, -0.25) is 4.79 Å². The summed E-state index contributed by atoms with van der Waals surface area (Å²) >= 11 is 0. The third kappa shape index (κ3) is 3.31. The summed E-state index contributed by atoms with van der Waals surface area (Å²) in [6, 6.07) is 9.29. The molecule has 1 aliphatic rings. The number of benzene rings is 1. The minimum absolute atomic E-state index is 0.00922. The van der Waals surface area contributed by atoms with Gasteiger partial charge < -0.3 is 15.4 Å². The first-order valence-corrected chi connectivity index (χ1v) is 6.26. The van der Waals surface area contributed by atoms with Gasteiger partial charge in [0.05, 0.1) is 19.3 Å². The topological polar surface area (TPSA) is 50.4 Å². The Morgan fingerprint density at radius 1 is 1.39 bits per heavy atom. The number of ether oxygens (including phenoxy) is 1. The first kappa shape index (κ1) is 13.1. The SMILES string of the molecule is CC(NCC1(C)COC1)C(=O)Nc1ccccc1. The Morgan fingerprint density at radius 3 is 2.61 bits per heavy atom. The summed E-state index contributed by atoms with van der Waals surface area (Å²) in [5, 5.41) is 6.13. The maximum atomic E-state index is 11.9. The average Bonchev–Trinajstić information content (AvgIpc) is 2.34. The van der Waals surface area contributed by atoms with Crippen molar-refractivity contribution in [2.24, 2.45) is 5.41 Å². The van der Waals surface area contributed by atoms with Crippen LogP contribution in [0.1, 0.15) is 13.8 Å². The van der Waals surface area contributed by atoms with Crippen LogP contribution in [-0.4, -0.2) is 31.7 Å². The lowest BCUT2D eigenvalue weighted by molar-refractivity contribution is -0.119. The molecule has 1 amide bonds. The summed E-state index contributed by atoms with van der Waals surface area (Å²) in [7, 11) is 0. The molecule has 2 rings (SSSR count). The van der Waals surface area contributed by atoms with E-state index in [1.807, 2.05) is 37.3 Å². The molecule has 1 aromatic carbocycles. The summed E-state index contributed by atoms with van der Waals surface area (Å²) < 4.78 is 5.19. The number of hydrogen-bond donors (Lipinski definition) is 2. The minimum Gasteiger partial charge on any atom is -0.380 e. The predicted octanol–water partition coefficient (Wildman–Crippen LogP) is 1.64. The second kappa shape index (κ2) is 5.50. The van der Waals surface area contributed by atoms with Gasteiger partial charge in [0.15, 0.2) is 0 Å². The van der Waals surface area contributed by atoms with Gasteiger partial charge in [0.2, 0.25) is 5.91 Å². The largest absolute Gasteiger partial charge is 0.380 e. The van der Waals surface area contributed by atoms with E-state index >= 15 is 0 Å². The van der Waals surface area contributed by atoms with Crippen LogP contribution in [0.5, 0.6) is 0 Å². The van der Waals surface area contributed by atoms with Crippen LogP contribution in [0.3, 0.4) is 0 Å². The van der Waals surface area contributed by atoms with Crippen LogP contribution < -0.4 is 10.6 Å². The lowest BCUT2D eigenvalue weighted by Gasteiger charge is -2.38. The number of para-hydroxylation sites is 1. The Labute approximate surface area is 108 Å². The van der Waals surface area contributed by atoms with E-state index in [0.717, 1.165) is 25.4 Å². The molecule has 0 radical (unpaired) electrons. The fourth-order valence-corrected chi connectivity index (χ4v) is 1.82. The van der Waals surface area contributed by atoms with E-state index < -0.39 is 0 Å². The minimum atomic E-state index is -0.206. The summed E-state index contributed by atoms with van der Waals surface area (Å²) in [6.07, 6.45) is 0. The molecule has 98 valence electrons. The third-order valence-electron chi connectivity index (χ3n) is 3.17. The molecule has 1 unspecified atom stereocenters. The molecule has 0 spiro atoms. The Morgan fingerprint density at radius 2 is 2.06 bits per heavy atom. The van der Waals surface area contributed by atoms with Gasteiger partial charge in [0, 0.05) is 17.6 Å². The zero-order chi connectivity index (χ0) is 13.0. The highest BCUT2D eigenvalue weighted by Gasteiger charge is 2.33. The molecule has 1 aromatic rings. The third-order valence-corrected chi connectivity index (χ3v) is 3.17. The number of nitrogens with one attached hydrogen (secondary N) is 2. The Kier molecular flexibility index (Phi) is 3.99. The molecule has 0 bridgehead atoms. The van der Waals surface area contributed by atoms with Crippen molar-refractivity contribution < 1.29 is 9.53 Å². The smallest absolute Gasteiger partial charge is 0.241 e. The van der Waals surface area contributed by atoms with Crippen molar-refractivity contribution in [3.8, 4) is 0 Å². The summed E-state index contributed by atoms with van der Waals surface area (Å²) in [5.41, 5.74) is 1.01. The molecule has 2 N–H and O–H groups in total. The fourth-order valence-electron chi connectivity index (χ4n) is 1.82. The standard InChI is InChI=1S/C14H20N2O2/c1-11(15-8-14(2)9-18-10-14)13(17)16-12-6-4-3-5-7-12/h3-7,11,15H,8-10H2,1-2H3,(H,16,17). The molecule has 0 aliphatic carbocycles. The molecule has 1 heterocycles. The van der Waals surface area contributed by atoms with Crippen LogP contribution in [0.25, 0.3) is 0 Å². The number of rotatable bonds is 5. The molecule has 18 heavy (non-hydrogen) atoms. The van der Waals surface area contributed by atoms with Crippen LogP contribution in [0.4, 0.5) is 5.69 Å². The molecule has 1 fully saturated rings. The molecule has 4 heteroatoms. The predicted molar refractivity (Wildman–Crippen MR) is 71.5 cm³/mol. The first-order valence-electron chi connectivity index (χ1n) is 6.26. The van der Waals surface area contributed by atoms with Crippen molar-refractivity contribution >= 4 is 11.6 Å². The molecule has 1 atom stereocenters. The molecule has 1 saturated heterocycles. The van der Waals surface area contributed by atoms with E-state index in [4.69, 9.17) is 4.74 Å². The zero-order valence-corrected chi connectivity index (χ0v) is 10.9. The van der Waals surface area contributed by atoms with Gasteiger partial charge in [0.25, 0.3) is 0 Å². The van der Waals surface area contributed by atoms with Crippen LogP contribution in [0.15, 0.2) is 30.3 Å². The van der Waals surface area contributed by atoms with E-state index in [9.17, 15) is 4.79 Å². The molecular weight excluding hydrogens is 228 g/mol. The van der Waals surface area contributed by atoms with E-state index in [1.54, 1.807) is 0 Å². The first-order chi connectivity index (χ1) is 8.59. The summed E-state index contributed by atoms with van der Waals surface area (Å²) in [5.74, 6) is -0.00922. The second-order valence-electron chi connectivity index (χ2n) is 5.26. The van der Waals surface area contributed by atoms with Gasteiger partial charge in [-0.1, -0.05) is 25.1 Å². The Hall–Kier alpha value is -1.39. The lowest BCUT2D eigenvalue weighted by Crippen LogP contribution is -2.51. The molecule has 0 aromatic heterocycles. The zero-order valence-electron chi connectivity index (χ0n) is 10.9. The maximum absolute atomic E-state index is 11.9. The Bertz CT molecular complexity index is 402. The number of hydrogen-bond acceptors (Lipinski definition) is 3. The van der Waals surface area contributed by atoms with E-state index in [0.29, 0.717) is 0 Å². The van der Waals surface area contributed by atoms with Gasteiger partial charge >= 0.3 is 0 Å². The van der Waals surface area contributed by atoms with Gasteiger partial charge in [-0.15, -0.1) is 0 Å². The highest BCUT2D eigenvalue weighted by Crippen LogP contribution is 2.25. The average molecular weight is 248 g/mol. The number of carbonyl (C=O) groups excluding carboxylic acids is 1. The van der Waals surface area contributed by atoms with Crippen LogP contribution in [-0.2, 0) is 9.53 Å². The van der Waals surface area contributed by atoms with Gasteiger partial charge in [-0.05, 0) is 19.1 Å². The quantitative estimate of drug-likeness (QED) is 0.833. The van der Waals surface area contributed by atoms with Crippen molar-refractivity contribution in [3.05, 3.63) is 30.3 Å². The van der Waals surface area contributed by atoms with Crippen LogP contribution >= 0.6 is 0 Å². The lowest BCUT2D eigenvalue weighted by atomic mass is 9.88. The van der Waals surface area contributed by atoms with Crippen molar-refractivity contribution in [2.75, 3.05) is 25.1 Å². The van der Waals surface area contributed by atoms with Crippen molar-refractivity contribution in [3.63, 3.8) is 0 Å². The number of amides is 1. The maximum Gasteiger partial charge on any atom is 0.241 e. The van der Waals surface area contributed by atoms with Crippen molar-refractivity contribution in [1.29, 1.82) is 0 Å². The highest BCUT2D eigenvalue weighted by molar-refractivity contribution is 5.94. The van der Waals surface area contributed by atoms with Crippen LogP contribution in [0, 0.1) is 5.41 Å². The molecule has 4 nitrogen and oxygen atoms in total. The normalized spacial score (nSPS) is 18.8. The van der Waals surface area contributed by atoms with Gasteiger partial charge in [0.1, 0.15) is 0 Å². The van der Waals surface area contributed by atoms with E-state index in [2.05, 4.69) is 17.6 Å². The highest BCUT2D eigenvalue weighted by atomic mass is 16.5.